The van der Waals surface area contributed by atoms with Crippen LogP contribution in [0.2, 0.25) is 0 Å². The first kappa shape index (κ1) is 20.3. The van der Waals surface area contributed by atoms with Crippen LogP contribution in [0.5, 0.6) is 0 Å². The van der Waals surface area contributed by atoms with Crippen molar-refractivity contribution in [3.05, 3.63) is 138 Å². The molecule has 1 heterocycles. The molecule has 0 spiro atoms. The molecule has 6 aromatic rings. The fraction of sp³-hybridized carbons (Fsp3) is 0.0303. The summed E-state index contributed by atoms with van der Waals surface area (Å²) in [5, 5.41) is 7.42. The van der Waals surface area contributed by atoms with Crippen LogP contribution in [-0.4, -0.2) is 4.98 Å². The smallest absolute Gasteiger partial charge is 0.0542 e. The van der Waals surface area contributed by atoms with Gasteiger partial charge >= 0.3 is 0 Å². The lowest BCUT2D eigenvalue weighted by Crippen LogP contribution is -1.96. The number of fused-ring (bicyclic) bond motifs is 3. The second kappa shape index (κ2) is 8.20. The van der Waals surface area contributed by atoms with Gasteiger partial charge in [0.05, 0.1) is 5.69 Å². The summed E-state index contributed by atoms with van der Waals surface area (Å²) in [4.78, 5) is 3.63. The number of rotatable bonds is 4. The van der Waals surface area contributed by atoms with E-state index in [9.17, 15) is 0 Å². The highest BCUT2D eigenvalue weighted by Crippen LogP contribution is 2.38. The van der Waals surface area contributed by atoms with Gasteiger partial charge in [0.15, 0.2) is 0 Å². The van der Waals surface area contributed by atoms with E-state index in [1.165, 1.54) is 54.6 Å². The van der Waals surface area contributed by atoms with Gasteiger partial charge in [0.25, 0.3) is 0 Å². The average Bonchev–Trinajstić information content (AvgIpc) is 3.29. The van der Waals surface area contributed by atoms with E-state index in [4.69, 9.17) is 0 Å². The highest BCUT2D eigenvalue weighted by atomic mass is 14.7. The number of H-pyrrole nitrogens is 1. The molecule has 1 nitrogen and oxygen atoms in total. The Balaban J connectivity index is 1.68. The van der Waals surface area contributed by atoms with Gasteiger partial charge in [-0.1, -0.05) is 91.5 Å². The Kier molecular flexibility index (Phi) is 4.89. The summed E-state index contributed by atoms with van der Waals surface area (Å²) < 4.78 is 0. The minimum atomic E-state index is 1.14. The number of hydrogen-bond acceptors (Lipinski definition) is 0. The number of nitrogens with one attached hydrogen (secondary N) is 1. The first-order valence-corrected chi connectivity index (χ1v) is 11.6. The Morgan fingerprint density at radius 1 is 0.676 bits per heavy atom. The minimum absolute atomic E-state index is 1.14. The lowest BCUT2D eigenvalue weighted by Gasteiger charge is -2.16. The molecule has 0 saturated heterocycles. The van der Waals surface area contributed by atoms with Gasteiger partial charge < -0.3 is 4.98 Å². The topological polar surface area (TPSA) is 15.8 Å². The van der Waals surface area contributed by atoms with Crippen molar-refractivity contribution in [2.45, 2.75) is 6.92 Å². The lowest BCUT2D eigenvalue weighted by atomic mass is 9.88. The van der Waals surface area contributed by atoms with E-state index in [1.807, 2.05) is 6.08 Å². The Bertz CT molecular complexity index is 1710. The van der Waals surface area contributed by atoms with Crippen LogP contribution >= 0.6 is 0 Å². The first-order chi connectivity index (χ1) is 16.7. The minimum Gasteiger partial charge on any atom is -0.360 e. The highest BCUT2D eigenvalue weighted by molar-refractivity contribution is 6.09. The Morgan fingerprint density at radius 3 is 1.94 bits per heavy atom. The number of hydrogen-bond donors (Lipinski definition) is 1. The van der Waals surface area contributed by atoms with Gasteiger partial charge in [-0.2, -0.15) is 0 Å². The van der Waals surface area contributed by atoms with Gasteiger partial charge in [0, 0.05) is 22.5 Å². The van der Waals surface area contributed by atoms with Crippen molar-refractivity contribution in [1.82, 2.24) is 4.98 Å². The monoisotopic (exact) mass is 435 g/mol. The van der Waals surface area contributed by atoms with Crippen molar-refractivity contribution in [3.8, 4) is 0 Å². The maximum absolute atomic E-state index is 4.13. The van der Waals surface area contributed by atoms with Crippen molar-refractivity contribution in [2.75, 3.05) is 0 Å². The van der Waals surface area contributed by atoms with Crippen molar-refractivity contribution >= 4 is 49.5 Å². The predicted molar refractivity (Wildman–Crippen MR) is 148 cm³/mol. The van der Waals surface area contributed by atoms with Crippen molar-refractivity contribution < 1.29 is 0 Å². The number of aromatic nitrogens is 1. The fourth-order valence-electron chi connectivity index (χ4n) is 5.07. The van der Waals surface area contributed by atoms with Gasteiger partial charge in [0.2, 0.25) is 0 Å². The van der Waals surface area contributed by atoms with E-state index in [-0.39, 0.29) is 0 Å². The summed E-state index contributed by atoms with van der Waals surface area (Å²) >= 11 is 0. The summed E-state index contributed by atoms with van der Waals surface area (Å²) in [6.07, 6.45) is 4.09. The molecule has 1 aromatic heterocycles. The van der Waals surface area contributed by atoms with Crippen LogP contribution in [0.25, 0.3) is 49.5 Å². The maximum Gasteiger partial charge on any atom is 0.0542 e. The summed E-state index contributed by atoms with van der Waals surface area (Å²) in [6, 6.07) is 36.9. The average molecular weight is 436 g/mol. The van der Waals surface area contributed by atoms with E-state index >= 15 is 0 Å². The van der Waals surface area contributed by atoms with Gasteiger partial charge in [-0.25, -0.2) is 0 Å². The second-order valence-corrected chi connectivity index (χ2v) is 8.81. The standard InChI is InChI=1S/C33H25N/c1-3-23-17-25-13-7-9-15-27(25)19-30(23)22(2)32(24-11-5-4-6-12-24)33-31-20-28-16-10-8-14-26(28)18-29(31)21-34-33/h3-21,34H,1H2,2H3/b32-22+. The van der Waals surface area contributed by atoms with Crippen molar-refractivity contribution in [1.29, 1.82) is 0 Å². The number of allylic oxidation sites excluding steroid dienone is 1. The van der Waals surface area contributed by atoms with Crippen LogP contribution < -0.4 is 0 Å². The van der Waals surface area contributed by atoms with Crippen molar-refractivity contribution in [3.63, 3.8) is 0 Å². The van der Waals surface area contributed by atoms with Gasteiger partial charge in [-0.05, 0) is 75.0 Å². The zero-order valence-electron chi connectivity index (χ0n) is 19.2. The van der Waals surface area contributed by atoms with Crippen LogP contribution in [-0.2, 0) is 0 Å². The van der Waals surface area contributed by atoms with Crippen LogP contribution in [0.4, 0.5) is 0 Å². The van der Waals surface area contributed by atoms with Crippen LogP contribution in [0.3, 0.4) is 0 Å². The second-order valence-electron chi connectivity index (χ2n) is 8.81. The molecule has 162 valence electrons. The van der Waals surface area contributed by atoms with E-state index in [0.29, 0.717) is 0 Å². The predicted octanol–water partition coefficient (Wildman–Crippen LogP) is 9.10. The molecule has 0 aliphatic heterocycles. The Hall–Kier alpha value is -4.36. The number of benzene rings is 5. The lowest BCUT2D eigenvalue weighted by molar-refractivity contribution is 1.35. The molecule has 0 amide bonds. The molecule has 5 aromatic carbocycles. The van der Waals surface area contributed by atoms with Crippen LogP contribution in [0.15, 0.2) is 116 Å². The molecule has 1 N–H and O–H groups in total. The molecule has 0 unspecified atom stereocenters. The van der Waals surface area contributed by atoms with E-state index in [1.54, 1.807) is 0 Å². The third-order valence-electron chi connectivity index (χ3n) is 6.79. The van der Waals surface area contributed by atoms with E-state index < -0.39 is 0 Å². The zero-order chi connectivity index (χ0) is 23.1. The highest BCUT2D eigenvalue weighted by Gasteiger charge is 2.17. The Labute approximate surface area is 199 Å². The molecule has 34 heavy (non-hydrogen) atoms. The molecule has 0 saturated carbocycles. The molecule has 0 atom stereocenters. The SMILES string of the molecule is C=Cc1cc2ccccc2cc1/C(C)=C(\c1ccccc1)c1[nH]cc2cc3ccccc3cc12. The summed E-state index contributed by atoms with van der Waals surface area (Å²) in [5.41, 5.74) is 7.13. The maximum atomic E-state index is 4.13. The molecule has 0 fully saturated rings. The van der Waals surface area contributed by atoms with Crippen LogP contribution in [0, 0.1) is 0 Å². The molecular formula is C33H25N. The first-order valence-electron chi connectivity index (χ1n) is 11.6. The van der Waals surface area contributed by atoms with E-state index in [0.717, 1.165) is 11.3 Å². The van der Waals surface area contributed by atoms with Gasteiger partial charge in [-0.15, -0.1) is 0 Å². The Morgan fingerprint density at radius 2 is 1.26 bits per heavy atom. The summed E-state index contributed by atoms with van der Waals surface area (Å²) in [7, 11) is 0. The molecule has 0 aliphatic carbocycles. The van der Waals surface area contributed by atoms with Gasteiger partial charge in [-0.3, -0.25) is 0 Å². The quantitative estimate of drug-likeness (QED) is 0.266. The molecule has 0 bridgehead atoms. The third kappa shape index (κ3) is 3.34. The summed E-state index contributed by atoms with van der Waals surface area (Å²) in [5.74, 6) is 0. The van der Waals surface area contributed by atoms with Gasteiger partial charge in [0.1, 0.15) is 0 Å². The number of aromatic amines is 1. The fourth-order valence-corrected chi connectivity index (χ4v) is 5.07. The largest absolute Gasteiger partial charge is 0.360 e. The van der Waals surface area contributed by atoms with Crippen molar-refractivity contribution in [2.24, 2.45) is 0 Å². The molecule has 0 aliphatic rings. The van der Waals surface area contributed by atoms with Crippen LogP contribution in [0.1, 0.15) is 29.3 Å². The van der Waals surface area contributed by atoms with E-state index in [2.05, 4.69) is 128 Å². The third-order valence-corrected chi connectivity index (χ3v) is 6.79. The zero-order valence-corrected chi connectivity index (χ0v) is 19.2. The molecular weight excluding hydrogens is 410 g/mol. The molecule has 1 heteroatoms. The molecule has 0 radical (unpaired) electrons. The molecule has 6 rings (SSSR count). The summed E-state index contributed by atoms with van der Waals surface area (Å²) in [6.45, 7) is 6.36. The normalized spacial score (nSPS) is 12.3.